The fourth-order valence-electron chi connectivity index (χ4n) is 0.856. The van der Waals surface area contributed by atoms with Gasteiger partial charge in [0, 0.05) is 6.92 Å². The Labute approximate surface area is 123 Å². The van der Waals surface area contributed by atoms with Gasteiger partial charge in [-0.15, -0.1) is 0 Å². The summed E-state index contributed by atoms with van der Waals surface area (Å²) in [4.78, 5) is 46.0. The average molecular weight is 348 g/mol. The van der Waals surface area contributed by atoms with Crippen molar-refractivity contribution < 1.29 is 58.8 Å². The van der Waals surface area contributed by atoms with Crippen LogP contribution in [0.15, 0.2) is 0 Å². The van der Waals surface area contributed by atoms with E-state index in [2.05, 4.69) is 4.52 Å². The Kier molecular flexibility index (Phi) is 11.0. The van der Waals surface area contributed by atoms with Crippen molar-refractivity contribution in [1.82, 2.24) is 0 Å². The molecule has 0 aliphatic heterocycles. The number of aliphatic hydroxyl groups is 4. The number of phosphoric acid groups is 1. The molecule has 0 fully saturated rings. The van der Waals surface area contributed by atoms with E-state index in [0.29, 0.717) is 0 Å². The molecule has 0 unspecified atom stereocenters. The summed E-state index contributed by atoms with van der Waals surface area (Å²) >= 11 is 0. The second-order valence-corrected chi connectivity index (χ2v) is 4.98. The van der Waals surface area contributed by atoms with Crippen LogP contribution in [-0.4, -0.2) is 84.4 Å². The minimum atomic E-state index is -5.02. The summed E-state index contributed by atoms with van der Waals surface area (Å²) < 4.78 is 14.2. The number of carbonyl (C=O) groups is 3. The number of phosphoric ester groups is 1. The van der Waals surface area contributed by atoms with Gasteiger partial charge in [-0.25, -0.2) is 9.36 Å². The van der Waals surface area contributed by atoms with Gasteiger partial charge < -0.3 is 40.1 Å². The zero-order valence-electron chi connectivity index (χ0n) is 11.2. The third-order valence-electron chi connectivity index (χ3n) is 1.96. The summed E-state index contributed by atoms with van der Waals surface area (Å²) in [6, 6.07) is 0. The van der Waals surface area contributed by atoms with Gasteiger partial charge in [0.05, 0.1) is 6.61 Å². The monoisotopic (exact) mass is 348 g/mol. The Balaban J connectivity index is 0. The maximum Gasteiger partial charge on any atom is 0.470 e. The molecule has 13 heteroatoms. The van der Waals surface area contributed by atoms with E-state index in [9.17, 15) is 24.1 Å². The number of aliphatic carboxylic acids is 1. The number of ketones is 1. The third-order valence-corrected chi connectivity index (χ3v) is 2.48. The molecule has 0 aromatic rings. The fraction of sp³-hybridized carbons (Fsp3) is 0.667. The van der Waals surface area contributed by atoms with Crippen LogP contribution >= 0.6 is 7.82 Å². The van der Waals surface area contributed by atoms with Crippen molar-refractivity contribution in [2.24, 2.45) is 0 Å². The van der Waals surface area contributed by atoms with Gasteiger partial charge in [0.25, 0.3) is 0 Å². The number of carboxylic acids is 1. The van der Waals surface area contributed by atoms with Crippen LogP contribution in [0, 0.1) is 0 Å². The second kappa shape index (κ2) is 10.5. The van der Waals surface area contributed by atoms with E-state index in [1.807, 2.05) is 0 Å². The number of hydrogen-bond acceptors (Lipinski definition) is 9. The molecule has 22 heavy (non-hydrogen) atoms. The van der Waals surface area contributed by atoms with Gasteiger partial charge >= 0.3 is 13.8 Å². The maximum absolute atomic E-state index is 10.4. The summed E-state index contributed by atoms with van der Waals surface area (Å²) in [5.41, 5.74) is 0. The summed E-state index contributed by atoms with van der Waals surface area (Å²) in [6.07, 6.45) is -7.98. The molecule has 0 rings (SSSR count). The molecule has 0 aromatic heterocycles. The van der Waals surface area contributed by atoms with Gasteiger partial charge in [-0.05, 0) is 0 Å². The number of aliphatic hydroxyl groups excluding tert-OH is 4. The Morgan fingerprint density at radius 2 is 1.59 bits per heavy atom. The second-order valence-electron chi connectivity index (χ2n) is 3.79. The van der Waals surface area contributed by atoms with Crippen LogP contribution in [0.2, 0.25) is 0 Å². The van der Waals surface area contributed by atoms with Crippen LogP contribution in [0.1, 0.15) is 6.92 Å². The largest absolute Gasteiger partial charge is 0.476 e. The first-order valence-corrected chi connectivity index (χ1v) is 6.98. The van der Waals surface area contributed by atoms with Crippen LogP contribution in [0.3, 0.4) is 0 Å². The summed E-state index contributed by atoms with van der Waals surface area (Å²) in [6.45, 7) is 0.0993. The summed E-state index contributed by atoms with van der Waals surface area (Å²) in [5, 5.41) is 43.3. The first kappa shape index (κ1) is 23.0. The van der Waals surface area contributed by atoms with E-state index in [4.69, 9.17) is 30.2 Å². The number of Topliss-reactive ketones (excluding diaryl/α,β-unsaturated/α-hetero) is 1. The molecule has 0 aliphatic carbocycles. The molecule has 0 saturated heterocycles. The van der Waals surface area contributed by atoms with Gasteiger partial charge in [-0.2, -0.15) is 0 Å². The highest BCUT2D eigenvalue weighted by molar-refractivity contribution is 7.46. The topological polar surface area (TPSA) is 219 Å². The van der Waals surface area contributed by atoms with Gasteiger partial charge in [0.1, 0.15) is 18.3 Å². The minimum absolute atomic E-state index is 0.142. The highest BCUT2D eigenvalue weighted by Gasteiger charge is 2.35. The predicted octanol–water partition coefficient (Wildman–Crippen LogP) is -3.60. The molecule has 130 valence electrons. The van der Waals surface area contributed by atoms with E-state index >= 15 is 0 Å². The van der Waals surface area contributed by atoms with Crippen molar-refractivity contribution in [2.45, 2.75) is 31.3 Å². The van der Waals surface area contributed by atoms with E-state index in [1.165, 1.54) is 0 Å². The Morgan fingerprint density at radius 3 is 1.82 bits per heavy atom. The summed E-state index contributed by atoms with van der Waals surface area (Å²) in [5.74, 6) is -2.20. The van der Waals surface area contributed by atoms with Crippen LogP contribution in [0.25, 0.3) is 0 Å². The molecule has 0 aliphatic rings. The smallest absolute Gasteiger partial charge is 0.470 e. The van der Waals surface area contributed by atoms with E-state index < -0.39 is 50.6 Å². The van der Waals surface area contributed by atoms with Crippen molar-refractivity contribution in [3.05, 3.63) is 0 Å². The normalized spacial score (nSPS) is 16.5. The SMILES string of the molecule is CC(=O)C(=O)O.O=C[C@H](OP(=O)(O)O)[C@@H](O)[C@H](O)[C@H](O)CO. The fourth-order valence-corrected chi connectivity index (χ4v) is 1.35. The molecule has 7 N–H and O–H groups in total. The number of rotatable bonds is 8. The van der Waals surface area contributed by atoms with Crippen molar-refractivity contribution in [3.8, 4) is 0 Å². The molecule has 0 amide bonds. The number of carboxylic acid groups (broad SMARTS) is 1. The summed E-state index contributed by atoms with van der Waals surface area (Å²) in [7, 11) is -5.02. The third kappa shape index (κ3) is 10.5. The molecule has 0 saturated carbocycles. The highest BCUT2D eigenvalue weighted by atomic mass is 31.2. The first-order valence-electron chi connectivity index (χ1n) is 5.45. The minimum Gasteiger partial charge on any atom is -0.476 e. The lowest BCUT2D eigenvalue weighted by Gasteiger charge is -2.25. The Morgan fingerprint density at radius 1 is 1.18 bits per heavy atom. The zero-order chi connectivity index (χ0) is 18.1. The Hall–Kier alpha value is -1.24. The van der Waals surface area contributed by atoms with Crippen molar-refractivity contribution in [2.75, 3.05) is 6.61 Å². The van der Waals surface area contributed by atoms with Gasteiger partial charge in [0.15, 0.2) is 12.4 Å². The van der Waals surface area contributed by atoms with E-state index in [0.717, 1.165) is 6.92 Å². The van der Waals surface area contributed by atoms with Crippen molar-refractivity contribution in [1.29, 1.82) is 0 Å². The quantitative estimate of drug-likeness (QED) is 0.128. The molecule has 0 bridgehead atoms. The first-order chi connectivity index (χ1) is 9.87. The van der Waals surface area contributed by atoms with Gasteiger partial charge in [-0.3, -0.25) is 9.32 Å². The number of hydrogen-bond donors (Lipinski definition) is 7. The molecule has 0 spiro atoms. The van der Waals surface area contributed by atoms with Gasteiger partial charge in [0.2, 0.25) is 5.78 Å². The predicted molar refractivity (Wildman–Crippen MR) is 66.4 cm³/mol. The van der Waals surface area contributed by atoms with Crippen LogP contribution in [0.5, 0.6) is 0 Å². The van der Waals surface area contributed by atoms with Crippen LogP contribution in [0.4, 0.5) is 0 Å². The number of aldehydes is 1. The lowest BCUT2D eigenvalue weighted by atomic mass is 10.0. The highest BCUT2D eigenvalue weighted by Crippen LogP contribution is 2.38. The van der Waals surface area contributed by atoms with E-state index in [1.54, 1.807) is 0 Å². The van der Waals surface area contributed by atoms with Crippen molar-refractivity contribution >= 4 is 25.9 Å². The van der Waals surface area contributed by atoms with Crippen LogP contribution < -0.4 is 0 Å². The lowest BCUT2D eigenvalue weighted by Crippen LogP contribution is -2.47. The molecule has 4 atom stereocenters. The van der Waals surface area contributed by atoms with Crippen LogP contribution in [-0.2, 0) is 23.5 Å². The lowest BCUT2D eigenvalue weighted by molar-refractivity contribution is -0.148. The standard InChI is InChI=1S/C6H13O9P.C3H4O3/c7-1-3(9)5(10)6(11)4(2-8)15-16(12,13)14;1-2(4)3(5)6/h2-7,9-11H,1H2,(H2,12,13,14);1H3,(H,5,6)/t3-,4+,5-,6-;/m1./s1. The number of carbonyl (C=O) groups excluding carboxylic acids is 2. The molecular formula is C9H17O12P. The zero-order valence-corrected chi connectivity index (χ0v) is 12.1. The Bertz CT molecular complexity index is 405. The van der Waals surface area contributed by atoms with Crippen molar-refractivity contribution in [3.63, 3.8) is 0 Å². The molecule has 12 nitrogen and oxygen atoms in total. The molecular weight excluding hydrogens is 331 g/mol. The molecule has 0 heterocycles. The maximum atomic E-state index is 10.4. The molecule has 0 radical (unpaired) electrons. The van der Waals surface area contributed by atoms with Gasteiger partial charge in [-0.1, -0.05) is 0 Å². The average Bonchev–Trinajstić information content (AvgIpc) is 2.41. The molecule has 0 aromatic carbocycles. The van der Waals surface area contributed by atoms with E-state index in [-0.39, 0.29) is 6.29 Å².